The maximum atomic E-state index is 12.9. The van der Waals surface area contributed by atoms with E-state index in [1.165, 1.54) is 5.56 Å². The van der Waals surface area contributed by atoms with Crippen molar-refractivity contribution < 1.29 is 4.79 Å². The molecule has 0 saturated carbocycles. The van der Waals surface area contributed by atoms with E-state index in [-0.39, 0.29) is 5.78 Å². The van der Waals surface area contributed by atoms with Crippen molar-refractivity contribution in [2.75, 3.05) is 0 Å². The molecule has 3 aromatic carbocycles. The molecule has 0 fully saturated rings. The smallest absolute Gasteiger partial charge is 0.193 e. The quantitative estimate of drug-likeness (QED) is 0.533. The predicted octanol–water partition coefficient (Wildman–Crippen LogP) is 4.41. The van der Waals surface area contributed by atoms with Crippen LogP contribution in [0.1, 0.15) is 38.2 Å². The minimum Gasteiger partial charge on any atom is -0.289 e. The lowest BCUT2D eigenvalue weighted by atomic mass is 9.81. The van der Waals surface area contributed by atoms with Gasteiger partial charge in [-0.1, -0.05) is 72.8 Å². The predicted molar refractivity (Wildman–Crippen MR) is 88.4 cm³/mol. The summed E-state index contributed by atoms with van der Waals surface area (Å²) in [5.74, 6) is 0.170. The molecule has 0 spiro atoms. The molecule has 0 aromatic heterocycles. The summed E-state index contributed by atoms with van der Waals surface area (Å²) in [6.07, 6.45) is 1.65. The summed E-state index contributed by atoms with van der Waals surface area (Å²) in [7, 11) is 0. The monoisotopic (exact) mass is 284 g/mol. The molecular formula is C21H16O. The molecule has 0 amide bonds. The van der Waals surface area contributed by atoms with Gasteiger partial charge in [-0.15, -0.1) is 0 Å². The van der Waals surface area contributed by atoms with Crippen LogP contribution < -0.4 is 0 Å². The van der Waals surface area contributed by atoms with Crippen LogP contribution in [-0.4, -0.2) is 5.78 Å². The fourth-order valence-electron chi connectivity index (χ4n) is 3.29. The Bertz CT molecular complexity index is 847. The number of benzene rings is 3. The summed E-state index contributed by atoms with van der Waals surface area (Å²) in [5, 5.41) is 0. The van der Waals surface area contributed by atoms with E-state index < -0.39 is 0 Å². The SMILES string of the molecule is O=C1c2ccccc2Cc2cccc(Cc3ccccc3)c21. The van der Waals surface area contributed by atoms with Crippen LogP contribution in [0.2, 0.25) is 0 Å². The minimum atomic E-state index is 0.170. The first kappa shape index (κ1) is 13.0. The van der Waals surface area contributed by atoms with Crippen LogP contribution in [0.3, 0.4) is 0 Å². The number of rotatable bonds is 2. The summed E-state index contributed by atoms with van der Waals surface area (Å²) in [6, 6.07) is 24.5. The first-order valence-corrected chi connectivity index (χ1v) is 7.60. The van der Waals surface area contributed by atoms with Gasteiger partial charge in [0.1, 0.15) is 0 Å². The fraction of sp³-hybridized carbons (Fsp3) is 0.0952. The molecular weight excluding hydrogens is 268 g/mol. The van der Waals surface area contributed by atoms with Gasteiger partial charge in [-0.25, -0.2) is 0 Å². The van der Waals surface area contributed by atoms with Gasteiger partial charge in [0, 0.05) is 11.1 Å². The lowest BCUT2D eigenvalue weighted by molar-refractivity contribution is 0.103. The van der Waals surface area contributed by atoms with E-state index in [1.54, 1.807) is 0 Å². The van der Waals surface area contributed by atoms with Gasteiger partial charge in [0.15, 0.2) is 5.78 Å². The van der Waals surface area contributed by atoms with Gasteiger partial charge in [0.05, 0.1) is 0 Å². The van der Waals surface area contributed by atoms with Gasteiger partial charge in [0.2, 0.25) is 0 Å². The van der Waals surface area contributed by atoms with Crippen LogP contribution in [0, 0.1) is 0 Å². The molecule has 1 nitrogen and oxygen atoms in total. The zero-order valence-corrected chi connectivity index (χ0v) is 12.3. The fourth-order valence-corrected chi connectivity index (χ4v) is 3.29. The molecule has 1 heteroatoms. The van der Waals surface area contributed by atoms with Crippen molar-refractivity contribution in [3.63, 3.8) is 0 Å². The summed E-state index contributed by atoms with van der Waals surface area (Å²) in [6.45, 7) is 0. The van der Waals surface area contributed by atoms with Crippen LogP contribution in [0.15, 0.2) is 72.8 Å². The molecule has 0 unspecified atom stereocenters. The van der Waals surface area contributed by atoms with Crippen LogP contribution in [0.4, 0.5) is 0 Å². The van der Waals surface area contributed by atoms with Crippen LogP contribution in [0.5, 0.6) is 0 Å². The summed E-state index contributed by atoms with van der Waals surface area (Å²) >= 11 is 0. The number of ketones is 1. The van der Waals surface area contributed by atoms with E-state index in [4.69, 9.17) is 0 Å². The summed E-state index contributed by atoms with van der Waals surface area (Å²) < 4.78 is 0. The van der Waals surface area contributed by atoms with Gasteiger partial charge in [-0.05, 0) is 35.1 Å². The second-order valence-electron chi connectivity index (χ2n) is 5.78. The van der Waals surface area contributed by atoms with Crippen molar-refractivity contribution in [2.24, 2.45) is 0 Å². The van der Waals surface area contributed by atoms with E-state index in [0.717, 1.165) is 40.7 Å². The molecule has 0 heterocycles. The third-order valence-electron chi connectivity index (χ3n) is 4.34. The Hall–Kier alpha value is -2.67. The maximum absolute atomic E-state index is 12.9. The highest BCUT2D eigenvalue weighted by Crippen LogP contribution is 2.30. The Morgan fingerprint density at radius 3 is 2.32 bits per heavy atom. The van der Waals surface area contributed by atoms with Crippen LogP contribution >= 0.6 is 0 Å². The van der Waals surface area contributed by atoms with Gasteiger partial charge < -0.3 is 0 Å². The van der Waals surface area contributed by atoms with Crippen LogP contribution in [0.25, 0.3) is 0 Å². The Morgan fingerprint density at radius 2 is 1.45 bits per heavy atom. The van der Waals surface area contributed by atoms with E-state index >= 15 is 0 Å². The first-order valence-electron chi connectivity index (χ1n) is 7.60. The number of carbonyl (C=O) groups is 1. The number of hydrogen-bond donors (Lipinski definition) is 0. The molecule has 0 N–H and O–H groups in total. The van der Waals surface area contributed by atoms with E-state index in [1.807, 2.05) is 36.4 Å². The molecule has 0 saturated heterocycles. The molecule has 0 aliphatic heterocycles. The molecule has 0 bridgehead atoms. The molecule has 4 rings (SSSR count). The topological polar surface area (TPSA) is 17.1 Å². The third kappa shape index (κ3) is 2.15. The standard InChI is InChI=1S/C21H16O/c22-21-19-12-5-4-9-16(19)14-18-11-6-10-17(20(18)21)13-15-7-2-1-3-8-15/h1-12H,13-14H2. The average molecular weight is 284 g/mol. The molecule has 106 valence electrons. The van der Waals surface area contributed by atoms with Crippen molar-refractivity contribution >= 4 is 5.78 Å². The minimum absolute atomic E-state index is 0.170. The second-order valence-corrected chi connectivity index (χ2v) is 5.78. The molecule has 3 aromatic rings. The zero-order valence-electron chi connectivity index (χ0n) is 12.3. The Balaban J connectivity index is 1.80. The highest BCUT2D eigenvalue weighted by atomic mass is 16.1. The largest absolute Gasteiger partial charge is 0.289 e. The summed E-state index contributed by atoms with van der Waals surface area (Å²) in [4.78, 5) is 12.9. The zero-order chi connectivity index (χ0) is 14.9. The first-order chi connectivity index (χ1) is 10.8. The van der Waals surface area contributed by atoms with Crippen molar-refractivity contribution in [2.45, 2.75) is 12.8 Å². The molecule has 1 aliphatic rings. The van der Waals surface area contributed by atoms with E-state index in [0.29, 0.717) is 0 Å². The lowest BCUT2D eigenvalue weighted by Gasteiger charge is -2.21. The van der Waals surface area contributed by atoms with Gasteiger partial charge in [0.25, 0.3) is 0 Å². The third-order valence-corrected chi connectivity index (χ3v) is 4.34. The Labute approximate surface area is 130 Å². The van der Waals surface area contributed by atoms with Crippen molar-refractivity contribution in [1.29, 1.82) is 0 Å². The average Bonchev–Trinajstić information content (AvgIpc) is 2.56. The normalized spacial score (nSPS) is 12.6. The van der Waals surface area contributed by atoms with Crippen LogP contribution in [-0.2, 0) is 12.8 Å². The van der Waals surface area contributed by atoms with E-state index in [9.17, 15) is 4.79 Å². The molecule has 0 atom stereocenters. The second kappa shape index (κ2) is 5.27. The van der Waals surface area contributed by atoms with E-state index in [2.05, 4.69) is 36.4 Å². The van der Waals surface area contributed by atoms with Crippen molar-refractivity contribution in [1.82, 2.24) is 0 Å². The molecule has 22 heavy (non-hydrogen) atoms. The van der Waals surface area contributed by atoms with Gasteiger partial charge >= 0.3 is 0 Å². The Kier molecular flexibility index (Phi) is 3.12. The Morgan fingerprint density at radius 1 is 0.727 bits per heavy atom. The van der Waals surface area contributed by atoms with Crippen molar-refractivity contribution in [3.05, 3.63) is 106 Å². The number of hydrogen-bond acceptors (Lipinski definition) is 1. The van der Waals surface area contributed by atoms with Crippen molar-refractivity contribution in [3.8, 4) is 0 Å². The molecule has 1 aliphatic carbocycles. The van der Waals surface area contributed by atoms with Gasteiger partial charge in [-0.3, -0.25) is 4.79 Å². The highest BCUT2D eigenvalue weighted by molar-refractivity contribution is 6.13. The maximum Gasteiger partial charge on any atom is 0.193 e. The number of fused-ring (bicyclic) bond motifs is 2. The van der Waals surface area contributed by atoms with Gasteiger partial charge in [-0.2, -0.15) is 0 Å². The highest BCUT2D eigenvalue weighted by Gasteiger charge is 2.25. The molecule has 0 radical (unpaired) electrons. The lowest BCUT2D eigenvalue weighted by Crippen LogP contribution is -2.17. The summed E-state index contributed by atoms with van der Waals surface area (Å²) in [5.41, 5.74) is 6.42. The number of carbonyl (C=O) groups excluding carboxylic acids is 1.